The Hall–Kier alpha value is -1.43. The smallest absolute Gasteiger partial charge is 0.231 e. The highest BCUT2D eigenvalue weighted by atomic mass is 32.2. The Morgan fingerprint density at radius 2 is 2.00 bits per heavy atom. The number of amides is 1. The molecule has 1 aliphatic heterocycles. The van der Waals surface area contributed by atoms with Crippen LogP contribution in [0.3, 0.4) is 0 Å². The van der Waals surface area contributed by atoms with Gasteiger partial charge in [-0.25, -0.2) is 12.8 Å². The average molecular weight is 285 g/mol. The first-order valence-corrected chi connectivity index (χ1v) is 8.02. The summed E-state index contributed by atoms with van der Waals surface area (Å²) in [4.78, 5) is 13.8. The van der Waals surface area contributed by atoms with Crippen LogP contribution in [0.1, 0.15) is 13.3 Å². The summed E-state index contributed by atoms with van der Waals surface area (Å²) in [7, 11) is -3.08. The number of sulfone groups is 1. The lowest BCUT2D eigenvalue weighted by Crippen LogP contribution is -2.36. The van der Waals surface area contributed by atoms with Gasteiger partial charge in [0.1, 0.15) is 5.82 Å². The largest absolute Gasteiger partial charge is 0.312 e. The van der Waals surface area contributed by atoms with Gasteiger partial charge in [-0.1, -0.05) is 0 Å². The zero-order valence-electron chi connectivity index (χ0n) is 10.7. The second-order valence-electron chi connectivity index (χ2n) is 4.66. The lowest BCUT2D eigenvalue weighted by atomic mass is 10.1. The van der Waals surface area contributed by atoms with E-state index in [2.05, 4.69) is 0 Å². The van der Waals surface area contributed by atoms with Crippen molar-refractivity contribution in [2.45, 2.75) is 13.3 Å². The summed E-state index contributed by atoms with van der Waals surface area (Å²) in [5.41, 5.74) is 0.596. The molecule has 1 heterocycles. The van der Waals surface area contributed by atoms with Crippen molar-refractivity contribution in [2.75, 3.05) is 23.0 Å². The number of rotatable bonds is 3. The van der Waals surface area contributed by atoms with Crippen LogP contribution in [0.25, 0.3) is 0 Å². The van der Waals surface area contributed by atoms with Gasteiger partial charge in [-0.2, -0.15) is 0 Å². The van der Waals surface area contributed by atoms with Gasteiger partial charge < -0.3 is 4.90 Å². The molecule has 4 nitrogen and oxygen atoms in total. The van der Waals surface area contributed by atoms with E-state index in [-0.39, 0.29) is 23.2 Å². The first kappa shape index (κ1) is 14.0. The zero-order chi connectivity index (χ0) is 14.0. The molecule has 0 aliphatic carbocycles. The molecule has 104 valence electrons. The van der Waals surface area contributed by atoms with Crippen LogP contribution in [-0.2, 0) is 14.6 Å². The second-order valence-corrected chi connectivity index (χ2v) is 6.89. The number of halogens is 1. The van der Waals surface area contributed by atoms with Crippen molar-refractivity contribution in [2.24, 2.45) is 5.92 Å². The highest BCUT2D eigenvalue weighted by molar-refractivity contribution is 7.91. The summed E-state index contributed by atoms with van der Waals surface area (Å²) in [5, 5.41) is 0. The Morgan fingerprint density at radius 1 is 1.37 bits per heavy atom. The Kier molecular flexibility index (Phi) is 3.89. The maximum atomic E-state index is 12.9. The van der Waals surface area contributed by atoms with E-state index in [1.165, 1.54) is 29.2 Å². The van der Waals surface area contributed by atoms with Crippen molar-refractivity contribution in [3.05, 3.63) is 30.1 Å². The normalized spacial score (nSPS) is 21.3. The Labute approximate surface area is 112 Å². The van der Waals surface area contributed by atoms with E-state index in [9.17, 15) is 17.6 Å². The van der Waals surface area contributed by atoms with Crippen LogP contribution in [0.15, 0.2) is 24.3 Å². The van der Waals surface area contributed by atoms with Crippen molar-refractivity contribution in [3.8, 4) is 0 Å². The predicted molar refractivity (Wildman–Crippen MR) is 71.2 cm³/mol. The summed E-state index contributed by atoms with van der Waals surface area (Å²) in [5.74, 6) is -1.05. The topological polar surface area (TPSA) is 54.5 Å². The Bertz CT molecular complexity index is 568. The number of hydrogen-bond acceptors (Lipinski definition) is 3. The van der Waals surface area contributed by atoms with E-state index in [0.717, 1.165) is 0 Å². The van der Waals surface area contributed by atoms with Gasteiger partial charge in [-0.3, -0.25) is 4.79 Å². The fraction of sp³-hybridized carbons (Fsp3) is 0.462. The van der Waals surface area contributed by atoms with E-state index in [1.807, 2.05) is 6.92 Å². The minimum atomic E-state index is -3.08. The van der Waals surface area contributed by atoms with Crippen molar-refractivity contribution >= 4 is 21.4 Å². The minimum absolute atomic E-state index is 0.0738. The average Bonchev–Trinajstić information content (AvgIpc) is 2.73. The number of nitrogens with zero attached hydrogens (tertiary/aromatic N) is 1. The molecule has 6 heteroatoms. The van der Waals surface area contributed by atoms with Crippen LogP contribution in [0.5, 0.6) is 0 Å². The molecular weight excluding hydrogens is 269 g/mol. The van der Waals surface area contributed by atoms with Gasteiger partial charge in [0.25, 0.3) is 0 Å². The van der Waals surface area contributed by atoms with E-state index < -0.39 is 15.8 Å². The van der Waals surface area contributed by atoms with Gasteiger partial charge in [0, 0.05) is 12.2 Å². The van der Waals surface area contributed by atoms with Gasteiger partial charge in [0.2, 0.25) is 5.91 Å². The van der Waals surface area contributed by atoms with Gasteiger partial charge in [-0.05, 0) is 37.6 Å². The Morgan fingerprint density at radius 3 is 2.47 bits per heavy atom. The molecule has 1 aromatic rings. The molecule has 19 heavy (non-hydrogen) atoms. The van der Waals surface area contributed by atoms with Crippen molar-refractivity contribution in [3.63, 3.8) is 0 Å². The molecule has 1 aromatic carbocycles. The number of hydrogen-bond donors (Lipinski definition) is 0. The lowest BCUT2D eigenvalue weighted by Gasteiger charge is -2.23. The molecule has 2 rings (SSSR count). The first-order valence-electron chi connectivity index (χ1n) is 6.20. The monoisotopic (exact) mass is 285 g/mol. The van der Waals surface area contributed by atoms with E-state index in [0.29, 0.717) is 18.7 Å². The molecule has 0 saturated carbocycles. The summed E-state index contributed by atoms with van der Waals surface area (Å²) < 4.78 is 35.7. The van der Waals surface area contributed by atoms with E-state index in [4.69, 9.17) is 0 Å². The molecule has 0 radical (unpaired) electrons. The van der Waals surface area contributed by atoms with Crippen LogP contribution >= 0.6 is 0 Å². The highest BCUT2D eigenvalue weighted by Crippen LogP contribution is 2.24. The first-order chi connectivity index (χ1) is 8.93. The van der Waals surface area contributed by atoms with Crippen LogP contribution in [0, 0.1) is 11.7 Å². The third kappa shape index (κ3) is 3.12. The van der Waals surface area contributed by atoms with Crippen LogP contribution in [-0.4, -0.2) is 32.4 Å². The number of carbonyl (C=O) groups is 1. The number of anilines is 1. The maximum absolute atomic E-state index is 12.9. The van der Waals surface area contributed by atoms with E-state index >= 15 is 0 Å². The van der Waals surface area contributed by atoms with Crippen LogP contribution in [0.4, 0.5) is 10.1 Å². The fourth-order valence-electron chi connectivity index (χ4n) is 2.30. The van der Waals surface area contributed by atoms with Crippen molar-refractivity contribution in [1.82, 2.24) is 0 Å². The zero-order valence-corrected chi connectivity index (χ0v) is 11.5. The van der Waals surface area contributed by atoms with Gasteiger partial charge >= 0.3 is 0 Å². The van der Waals surface area contributed by atoms with Crippen LogP contribution < -0.4 is 4.90 Å². The van der Waals surface area contributed by atoms with E-state index in [1.54, 1.807) is 0 Å². The molecule has 1 unspecified atom stereocenters. The number of carbonyl (C=O) groups excluding carboxylic acids is 1. The second kappa shape index (κ2) is 5.28. The quantitative estimate of drug-likeness (QED) is 0.848. The SMILES string of the molecule is CCN(C(=O)C1CCS(=O)(=O)C1)c1ccc(F)cc1. The molecule has 0 spiro atoms. The molecule has 0 bridgehead atoms. The predicted octanol–water partition coefficient (Wildman–Crippen LogP) is 1.61. The molecule has 1 fully saturated rings. The lowest BCUT2D eigenvalue weighted by molar-refractivity contribution is -0.121. The summed E-state index contributed by atoms with van der Waals surface area (Å²) in [6, 6.07) is 5.63. The maximum Gasteiger partial charge on any atom is 0.231 e. The Balaban J connectivity index is 2.18. The van der Waals surface area contributed by atoms with Gasteiger partial charge in [0.15, 0.2) is 9.84 Å². The summed E-state index contributed by atoms with van der Waals surface area (Å²) in [6.07, 6.45) is 0.374. The molecule has 1 amide bonds. The van der Waals surface area contributed by atoms with Crippen molar-refractivity contribution < 1.29 is 17.6 Å². The standard InChI is InChI=1S/C13H16FNO3S/c1-2-15(12-5-3-11(14)4-6-12)13(16)10-7-8-19(17,18)9-10/h3-6,10H,2,7-9H2,1H3. The molecule has 0 N–H and O–H groups in total. The molecular formula is C13H16FNO3S. The summed E-state index contributed by atoms with van der Waals surface area (Å²) in [6.45, 7) is 2.24. The third-order valence-corrected chi connectivity index (χ3v) is 5.07. The fourth-order valence-corrected chi connectivity index (χ4v) is 4.03. The summed E-state index contributed by atoms with van der Waals surface area (Å²) >= 11 is 0. The van der Waals surface area contributed by atoms with Crippen LogP contribution in [0.2, 0.25) is 0 Å². The number of benzene rings is 1. The molecule has 1 saturated heterocycles. The van der Waals surface area contributed by atoms with Crippen molar-refractivity contribution in [1.29, 1.82) is 0 Å². The minimum Gasteiger partial charge on any atom is -0.312 e. The molecule has 1 atom stereocenters. The third-order valence-electron chi connectivity index (χ3n) is 3.30. The van der Waals surface area contributed by atoms with Gasteiger partial charge in [0.05, 0.1) is 17.4 Å². The molecule has 1 aliphatic rings. The van der Waals surface area contributed by atoms with Gasteiger partial charge in [-0.15, -0.1) is 0 Å². The highest BCUT2D eigenvalue weighted by Gasteiger charge is 2.35. The molecule has 0 aromatic heterocycles.